The van der Waals surface area contributed by atoms with E-state index in [4.69, 9.17) is 20.5 Å². The highest BCUT2D eigenvalue weighted by atomic mass is 35.5. The maximum absolute atomic E-state index is 13.4. The zero-order valence-electron chi connectivity index (χ0n) is 18.0. The zero-order valence-corrected chi connectivity index (χ0v) is 19.6. The van der Waals surface area contributed by atoms with Gasteiger partial charge in [-0.2, -0.15) is 26.7 Å². The molecule has 3 rings (SSSR count). The number of ether oxygens (including phenoxy) is 1. The van der Waals surface area contributed by atoms with Gasteiger partial charge in [0.05, 0.1) is 30.3 Å². The number of carbonyl (C=O) groups is 1. The average Bonchev–Trinajstić information content (AvgIpc) is 2.79. The standard InChI is InChI=1S/C23H18ClF3N2O5S/c1-33-17-9-5-6-15(12-17)13-21(30)29-28-14-18-20(11-10-19(22(18)24)23(25,26)27)35(31,32)34-16-7-3-2-4-8-16/h2-12,14H,13H2,1H3,(H,29,30)/b28-14+. The SMILES string of the molecule is COc1cccc(CC(=O)N/N=C/c2c(S(=O)(=O)Oc3ccccc3)ccc(C(F)(F)F)c2Cl)c1. The Bertz CT molecular complexity index is 1350. The molecule has 1 N–H and O–H groups in total. The number of nitrogens with one attached hydrogen (secondary N) is 1. The van der Waals surface area contributed by atoms with Gasteiger partial charge < -0.3 is 8.92 Å². The summed E-state index contributed by atoms with van der Waals surface area (Å²) >= 11 is 5.93. The van der Waals surface area contributed by atoms with Crippen LogP contribution in [0.15, 0.2) is 76.7 Å². The molecule has 184 valence electrons. The van der Waals surface area contributed by atoms with Gasteiger partial charge >= 0.3 is 16.3 Å². The first-order chi connectivity index (χ1) is 16.5. The molecule has 1 amide bonds. The molecule has 0 radical (unpaired) electrons. The third-order valence-electron chi connectivity index (χ3n) is 4.55. The number of benzene rings is 3. The molecule has 0 unspecified atom stereocenters. The van der Waals surface area contributed by atoms with Crippen LogP contribution in [0.2, 0.25) is 5.02 Å². The Labute approximate surface area is 204 Å². The number of amides is 1. The fourth-order valence-corrected chi connectivity index (χ4v) is 4.45. The molecular formula is C23H18ClF3N2O5S. The summed E-state index contributed by atoms with van der Waals surface area (Å²) in [5, 5.41) is 2.70. The number of hydrogen-bond acceptors (Lipinski definition) is 6. The van der Waals surface area contributed by atoms with E-state index < -0.39 is 43.2 Å². The van der Waals surface area contributed by atoms with Crippen molar-refractivity contribution in [2.24, 2.45) is 5.10 Å². The molecule has 7 nitrogen and oxygen atoms in total. The molecule has 0 atom stereocenters. The lowest BCUT2D eigenvalue weighted by Gasteiger charge is -2.15. The number of hydrazone groups is 1. The number of nitrogens with zero attached hydrogens (tertiary/aromatic N) is 1. The highest BCUT2D eigenvalue weighted by molar-refractivity contribution is 7.87. The first-order valence-electron chi connectivity index (χ1n) is 9.85. The molecule has 12 heteroatoms. The summed E-state index contributed by atoms with van der Waals surface area (Å²) in [6.45, 7) is 0. The maximum Gasteiger partial charge on any atom is 0.417 e. The minimum Gasteiger partial charge on any atom is -0.497 e. The van der Waals surface area contributed by atoms with Crippen LogP contribution in [-0.2, 0) is 27.5 Å². The number of halogens is 4. The van der Waals surface area contributed by atoms with Gasteiger partial charge in [-0.1, -0.05) is 41.9 Å². The lowest BCUT2D eigenvalue weighted by atomic mass is 10.1. The lowest BCUT2D eigenvalue weighted by molar-refractivity contribution is -0.137. The van der Waals surface area contributed by atoms with E-state index in [0.717, 1.165) is 6.21 Å². The Morgan fingerprint density at radius 1 is 1.06 bits per heavy atom. The molecular weight excluding hydrogens is 509 g/mol. The van der Waals surface area contributed by atoms with Gasteiger partial charge in [-0.05, 0) is 42.0 Å². The van der Waals surface area contributed by atoms with E-state index in [9.17, 15) is 26.4 Å². The summed E-state index contributed by atoms with van der Waals surface area (Å²) in [6, 6.07) is 15.3. The van der Waals surface area contributed by atoms with Crippen molar-refractivity contribution in [1.82, 2.24) is 5.43 Å². The van der Waals surface area contributed by atoms with Crippen LogP contribution in [0.1, 0.15) is 16.7 Å². The normalized spacial score (nSPS) is 11.9. The van der Waals surface area contributed by atoms with Crippen molar-refractivity contribution in [2.75, 3.05) is 7.11 Å². The van der Waals surface area contributed by atoms with E-state index >= 15 is 0 Å². The van der Waals surface area contributed by atoms with E-state index in [0.29, 0.717) is 23.4 Å². The van der Waals surface area contributed by atoms with Crippen LogP contribution in [0, 0.1) is 0 Å². The van der Waals surface area contributed by atoms with Crippen molar-refractivity contribution < 1.29 is 35.3 Å². The van der Waals surface area contributed by atoms with E-state index in [1.54, 1.807) is 30.3 Å². The summed E-state index contributed by atoms with van der Waals surface area (Å²) in [4.78, 5) is 11.6. The van der Waals surface area contributed by atoms with Gasteiger partial charge in [0.15, 0.2) is 0 Å². The van der Waals surface area contributed by atoms with Crippen LogP contribution < -0.4 is 14.3 Å². The van der Waals surface area contributed by atoms with Gasteiger partial charge in [-0.3, -0.25) is 4.79 Å². The molecule has 3 aromatic carbocycles. The van der Waals surface area contributed by atoms with Crippen LogP contribution in [0.4, 0.5) is 13.2 Å². The van der Waals surface area contributed by atoms with Crippen molar-refractivity contribution in [3.63, 3.8) is 0 Å². The fraction of sp³-hybridized carbons (Fsp3) is 0.130. The summed E-state index contributed by atoms with van der Waals surface area (Å²) in [5.74, 6) is -0.136. The average molecular weight is 527 g/mol. The molecule has 0 aliphatic rings. The zero-order chi connectivity index (χ0) is 25.6. The van der Waals surface area contributed by atoms with Crippen LogP contribution in [0.25, 0.3) is 0 Å². The number of carbonyl (C=O) groups excluding carboxylic acids is 1. The number of methoxy groups -OCH3 is 1. The maximum atomic E-state index is 13.4. The highest BCUT2D eigenvalue weighted by Crippen LogP contribution is 2.38. The predicted octanol–water partition coefficient (Wildman–Crippen LogP) is 4.83. The summed E-state index contributed by atoms with van der Waals surface area (Å²) in [7, 11) is -3.14. The second-order valence-electron chi connectivity index (χ2n) is 7.01. The summed E-state index contributed by atoms with van der Waals surface area (Å²) in [6.07, 6.45) is -4.26. The third-order valence-corrected chi connectivity index (χ3v) is 6.26. The van der Waals surface area contributed by atoms with E-state index in [2.05, 4.69) is 10.5 Å². The van der Waals surface area contributed by atoms with Gasteiger partial charge in [0, 0.05) is 5.56 Å². The Hall–Kier alpha value is -3.57. The largest absolute Gasteiger partial charge is 0.497 e. The van der Waals surface area contributed by atoms with Gasteiger partial charge in [-0.15, -0.1) is 0 Å². The number of rotatable bonds is 8. The van der Waals surface area contributed by atoms with Crippen LogP contribution in [-0.4, -0.2) is 27.6 Å². The molecule has 3 aromatic rings. The Morgan fingerprint density at radius 2 is 1.74 bits per heavy atom. The molecule has 0 heterocycles. The lowest BCUT2D eigenvalue weighted by Crippen LogP contribution is -2.20. The summed E-state index contributed by atoms with van der Waals surface area (Å²) < 4.78 is 75.8. The Morgan fingerprint density at radius 3 is 2.40 bits per heavy atom. The van der Waals surface area contributed by atoms with Crippen LogP contribution in [0.5, 0.6) is 11.5 Å². The van der Waals surface area contributed by atoms with Crippen molar-refractivity contribution in [1.29, 1.82) is 0 Å². The molecule has 0 saturated heterocycles. The number of alkyl halides is 3. The molecule has 0 bridgehead atoms. The Kier molecular flexibility index (Phi) is 8.03. The second-order valence-corrected chi connectivity index (χ2v) is 8.90. The molecule has 0 aliphatic heterocycles. The van der Waals surface area contributed by atoms with E-state index in [1.165, 1.54) is 31.4 Å². The molecule has 0 saturated carbocycles. The molecule has 0 aliphatic carbocycles. The fourth-order valence-electron chi connectivity index (χ4n) is 2.96. The molecule has 0 spiro atoms. The number of hydrogen-bond donors (Lipinski definition) is 1. The van der Waals surface area contributed by atoms with Gasteiger partial charge in [0.1, 0.15) is 16.4 Å². The molecule has 35 heavy (non-hydrogen) atoms. The van der Waals surface area contributed by atoms with Crippen LogP contribution >= 0.6 is 11.6 Å². The van der Waals surface area contributed by atoms with Crippen molar-refractivity contribution in [2.45, 2.75) is 17.5 Å². The molecule has 0 fully saturated rings. The smallest absolute Gasteiger partial charge is 0.417 e. The van der Waals surface area contributed by atoms with E-state index in [1.807, 2.05) is 0 Å². The first kappa shape index (κ1) is 26.0. The van der Waals surface area contributed by atoms with Crippen molar-refractivity contribution in [3.05, 3.63) is 88.4 Å². The second kappa shape index (κ2) is 10.8. The quantitative estimate of drug-likeness (QED) is 0.258. The third kappa shape index (κ3) is 6.74. The van der Waals surface area contributed by atoms with E-state index in [-0.39, 0.29) is 12.2 Å². The van der Waals surface area contributed by atoms with Gasteiger partial charge in [0.25, 0.3) is 0 Å². The summed E-state index contributed by atoms with van der Waals surface area (Å²) in [5.41, 5.74) is 0.862. The van der Waals surface area contributed by atoms with Crippen molar-refractivity contribution in [3.8, 4) is 11.5 Å². The monoisotopic (exact) mass is 526 g/mol. The molecule has 0 aromatic heterocycles. The van der Waals surface area contributed by atoms with Crippen molar-refractivity contribution >= 4 is 33.8 Å². The minimum atomic E-state index is -4.86. The first-order valence-corrected chi connectivity index (χ1v) is 11.6. The van der Waals surface area contributed by atoms with Crippen LogP contribution in [0.3, 0.4) is 0 Å². The highest BCUT2D eigenvalue weighted by Gasteiger charge is 2.36. The minimum absolute atomic E-state index is 0.0574. The number of para-hydroxylation sites is 1. The Balaban J connectivity index is 1.90. The van der Waals surface area contributed by atoms with Gasteiger partial charge in [-0.25, -0.2) is 5.43 Å². The topological polar surface area (TPSA) is 94.1 Å². The predicted molar refractivity (Wildman–Crippen MR) is 123 cm³/mol. The van der Waals surface area contributed by atoms with Gasteiger partial charge in [0.2, 0.25) is 5.91 Å².